The molecule has 2 aliphatic carbocycles. The van der Waals surface area contributed by atoms with E-state index in [1.165, 1.54) is 19.1 Å². The van der Waals surface area contributed by atoms with Gasteiger partial charge in [0.2, 0.25) is 0 Å². The molecule has 0 bridgehead atoms. The summed E-state index contributed by atoms with van der Waals surface area (Å²) in [5, 5.41) is 36.6. The number of hydrogen-bond acceptors (Lipinski definition) is 13. The molecule has 1 fully saturated rings. The van der Waals surface area contributed by atoms with Gasteiger partial charge >= 0.3 is 29.8 Å². The fraction of sp³-hybridized carbons (Fsp3) is 0.571. The Kier molecular flexibility index (Phi) is 11.7. The molecule has 0 saturated heterocycles. The van der Waals surface area contributed by atoms with Crippen LogP contribution in [0.1, 0.15) is 72.2 Å². The molecule has 0 aliphatic heterocycles. The minimum absolute atomic E-state index is 0.109. The van der Waals surface area contributed by atoms with Crippen LogP contribution < -0.4 is 0 Å². The van der Waals surface area contributed by atoms with Gasteiger partial charge in [-0.1, -0.05) is 57.7 Å². The molecule has 3 rings (SSSR count). The molecule has 0 amide bonds. The van der Waals surface area contributed by atoms with Crippen LogP contribution in [0.15, 0.2) is 54.6 Å². The Bertz CT molecular complexity index is 1430. The van der Waals surface area contributed by atoms with Crippen LogP contribution in [0.5, 0.6) is 0 Å². The van der Waals surface area contributed by atoms with Crippen LogP contribution in [0.2, 0.25) is 0 Å². The average Bonchev–Trinajstić information content (AvgIpc) is 3.18. The third-order valence-electron chi connectivity index (χ3n) is 8.80. The maximum Gasteiger partial charge on any atom is 0.338 e. The summed E-state index contributed by atoms with van der Waals surface area (Å²) < 4.78 is 28.4. The topological polar surface area (TPSA) is 192 Å². The molecule has 1 saturated carbocycles. The third-order valence-corrected chi connectivity index (χ3v) is 8.80. The molecule has 1 aromatic rings. The van der Waals surface area contributed by atoms with E-state index in [2.05, 4.69) is 6.58 Å². The summed E-state index contributed by atoms with van der Waals surface area (Å²) in [6, 6.07) is 7.81. The molecule has 48 heavy (non-hydrogen) atoms. The summed E-state index contributed by atoms with van der Waals surface area (Å²) in [4.78, 5) is 63.3. The number of carbonyl (C=O) groups excluding carboxylic acids is 5. The maximum absolute atomic E-state index is 13.4. The number of carbonyl (C=O) groups is 5. The average molecular weight is 675 g/mol. The predicted molar refractivity (Wildman–Crippen MR) is 169 cm³/mol. The number of rotatable bonds is 6. The van der Waals surface area contributed by atoms with E-state index < -0.39 is 101 Å². The van der Waals surface area contributed by atoms with Gasteiger partial charge in [-0.3, -0.25) is 19.2 Å². The normalized spacial score (nSPS) is 35.4. The number of benzene rings is 1. The Morgan fingerprint density at radius 1 is 0.771 bits per heavy atom. The van der Waals surface area contributed by atoms with Crippen molar-refractivity contribution in [2.75, 3.05) is 0 Å². The lowest BCUT2D eigenvalue weighted by molar-refractivity contribution is -0.194. The van der Waals surface area contributed by atoms with Crippen molar-refractivity contribution < 1.29 is 63.0 Å². The zero-order valence-electron chi connectivity index (χ0n) is 28.5. The first-order valence-corrected chi connectivity index (χ1v) is 15.6. The van der Waals surface area contributed by atoms with Crippen LogP contribution in [0, 0.1) is 17.3 Å². The van der Waals surface area contributed by atoms with E-state index in [4.69, 9.17) is 23.7 Å². The van der Waals surface area contributed by atoms with Crippen LogP contribution in [-0.4, -0.2) is 93.0 Å². The van der Waals surface area contributed by atoms with Crippen LogP contribution in [-0.2, 0) is 42.9 Å². The van der Waals surface area contributed by atoms with Crippen molar-refractivity contribution >= 4 is 29.8 Å². The Morgan fingerprint density at radius 2 is 1.29 bits per heavy atom. The van der Waals surface area contributed by atoms with E-state index in [1.807, 2.05) is 0 Å². The highest BCUT2D eigenvalue weighted by Gasteiger charge is 2.67. The van der Waals surface area contributed by atoms with Gasteiger partial charge in [-0.05, 0) is 24.6 Å². The molecule has 0 radical (unpaired) electrons. The highest BCUT2D eigenvalue weighted by Crippen LogP contribution is 2.52. The lowest BCUT2D eigenvalue weighted by atomic mass is 9.71. The highest BCUT2D eigenvalue weighted by atomic mass is 16.6. The van der Waals surface area contributed by atoms with Crippen molar-refractivity contribution in [2.24, 2.45) is 17.3 Å². The van der Waals surface area contributed by atoms with Gasteiger partial charge in [0.15, 0.2) is 18.3 Å². The Labute approximate surface area is 279 Å². The van der Waals surface area contributed by atoms with E-state index in [0.717, 1.165) is 27.7 Å². The minimum atomic E-state index is -2.31. The van der Waals surface area contributed by atoms with E-state index in [-0.39, 0.29) is 11.1 Å². The van der Waals surface area contributed by atoms with Crippen LogP contribution in [0.3, 0.4) is 0 Å². The van der Waals surface area contributed by atoms with E-state index in [1.54, 1.807) is 51.1 Å². The second-order valence-corrected chi connectivity index (χ2v) is 13.5. The number of ether oxygens (including phenoxy) is 5. The number of aliphatic hydroxyl groups excluding tert-OH is 1. The molecule has 13 nitrogen and oxygen atoms in total. The highest BCUT2D eigenvalue weighted by molar-refractivity contribution is 5.89. The molecular weight excluding hydrogens is 628 g/mol. The monoisotopic (exact) mass is 674 g/mol. The predicted octanol–water partition coefficient (Wildman–Crippen LogP) is 2.59. The molecule has 13 heteroatoms. The quantitative estimate of drug-likeness (QED) is 0.227. The molecule has 0 unspecified atom stereocenters. The molecule has 2 aliphatic rings. The summed E-state index contributed by atoms with van der Waals surface area (Å²) >= 11 is 0. The zero-order valence-corrected chi connectivity index (χ0v) is 28.5. The van der Waals surface area contributed by atoms with Gasteiger partial charge in [-0.25, -0.2) is 4.79 Å². The fourth-order valence-electron chi connectivity index (χ4n) is 6.79. The summed E-state index contributed by atoms with van der Waals surface area (Å²) in [5.41, 5.74) is -5.78. The van der Waals surface area contributed by atoms with E-state index in [9.17, 15) is 39.3 Å². The molecule has 10 atom stereocenters. The zero-order chi connectivity index (χ0) is 36.4. The summed E-state index contributed by atoms with van der Waals surface area (Å²) in [5.74, 6) is -6.70. The van der Waals surface area contributed by atoms with Crippen molar-refractivity contribution in [2.45, 2.75) is 110 Å². The van der Waals surface area contributed by atoms with Gasteiger partial charge in [0.1, 0.15) is 23.4 Å². The number of fused-ring (bicyclic) bond motifs is 1. The Morgan fingerprint density at radius 3 is 1.81 bits per heavy atom. The largest absolute Gasteiger partial charge is 0.459 e. The molecule has 1 aromatic carbocycles. The lowest BCUT2D eigenvalue weighted by Gasteiger charge is -2.45. The first kappa shape index (κ1) is 38.4. The molecular formula is C35H46O13. The van der Waals surface area contributed by atoms with Crippen molar-refractivity contribution in [3.8, 4) is 0 Å². The standard InChI is InChI=1S/C35H46O13/c1-18-15-16-33(7,8)31(47-23(6)39)28(45-21(4)37)27(44-20(3)36)19(2)26(40)25-30(48-32(41)24-13-11-10-12-14-24)34(9,42)17-35(25,43)29(18)46-22(5)38/h10-16,18,25-31,40,42-43H,2,17H2,1,3-9H3/b16-15+/t18-,25+,26+,27+,28-,29+,30-,31-,34-,35-/m1/s1. The van der Waals surface area contributed by atoms with Crippen molar-refractivity contribution in [3.05, 3.63) is 60.2 Å². The molecule has 3 N–H and O–H groups in total. The smallest absolute Gasteiger partial charge is 0.338 e. The number of hydrogen-bond donors (Lipinski definition) is 3. The molecule has 0 aromatic heterocycles. The van der Waals surface area contributed by atoms with Crippen LogP contribution >= 0.6 is 0 Å². The van der Waals surface area contributed by atoms with Gasteiger partial charge in [0, 0.05) is 45.4 Å². The summed E-state index contributed by atoms with van der Waals surface area (Å²) in [6.45, 7) is 14.6. The van der Waals surface area contributed by atoms with Crippen LogP contribution in [0.25, 0.3) is 0 Å². The summed E-state index contributed by atoms with van der Waals surface area (Å²) in [7, 11) is 0. The van der Waals surface area contributed by atoms with Crippen molar-refractivity contribution in [3.63, 3.8) is 0 Å². The van der Waals surface area contributed by atoms with Gasteiger partial charge in [0.05, 0.1) is 17.6 Å². The minimum Gasteiger partial charge on any atom is -0.459 e. The number of aliphatic hydroxyl groups is 3. The van der Waals surface area contributed by atoms with Gasteiger partial charge in [0.25, 0.3) is 0 Å². The summed E-state index contributed by atoms with van der Waals surface area (Å²) in [6.07, 6.45) is -7.13. The van der Waals surface area contributed by atoms with Crippen LogP contribution in [0.4, 0.5) is 0 Å². The lowest BCUT2D eigenvalue weighted by Crippen LogP contribution is -2.59. The van der Waals surface area contributed by atoms with Crippen molar-refractivity contribution in [1.82, 2.24) is 0 Å². The first-order valence-electron chi connectivity index (χ1n) is 15.6. The number of esters is 5. The fourth-order valence-corrected chi connectivity index (χ4v) is 6.79. The maximum atomic E-state index is 13.4. The molecule has 264 valence electrons. The second kappa shape index (κ2) is 14.6. The van der Waals surface area contributed by atoms with Gasteiger partial charge in [-0.15, -0.1) is 0 Å². The van der Waals surface area contributed by atoms with Gasteiger partial charge < -0.3 is 39.0 Å². The first-order chi connectivity index (χ1) is 22.1. The molecule has 0 spiro atoms. The Balaban J connectivity index is 2.37. The molecule has 0 heterocycles. The SMILES string of the molecule is C=C1[C@H](O)[C@H]2[C@@H](OC(=O)c3ccccc3)[C@](C)(O)C[C@]2(O)[C@@H](OC(C)=O)[C@H](C)/C=C/C(C)(C)[C@H](OC(C)=O)[C@H](OC(C)=O)[C@H]1OC(C)=O. The van der Waals surface area contributed by atoms with Crippen molar-refractivity contribution in [1.29, 1.82) is 0 Å². The van der Waals surface area contributed by atoms with E-state index >= 15 is 0 Å². The van der Waals surface area contributed by atoms with E-state index in [0.29, 0.717) is 0 Å². The Hall–Kier alpha value is -4.07. The third kappa shape index (κ3) is 8.31. The van der Waals surface area contributed by atoms with Gasteiger partial charge in [-0.2, -0.15) is 0 Å². The second-order valence-electron chi connectivity index (χ2n) is 13.5.